The van der Waals surface area contributed by atoms with Crippen LogP contribution in [0.4, 0.5) is 0 Å². The number of carbonyl (C=O) groups is 2. The minimum absolute atomic E-state index is 0.160. The van der Waals surface area contributed by atoms with Crippen molar-refractivity contribution in [2.75, 3.05) is 13.1 Å². The number of hydrogen-bond acceptors (Lipinski definition) is 5. The number of likely N-dealkylation sites (tertiary alicyclic amines) is 1. The molecule has 1 saturated heterocycles. The van der Waals surface area contributed by atoms with Gasteiger partial charge < -0.3 is 15.7 Å². The predicted molar refractivity (Wildman–Crippen MR) is 74.6 cm³/mol. The standard InChI is InChI=1S/C13H21N5O3/c1-13(2)4-3-6-18(10(13)12(20)21)11(19)9-8-17(7-5-14)16-15-9/h8,10H,3-7,14H2,1-2H3,(H,20,21). The van der Waals surface area contributed by atoms with Crippen LogP contribution in [-0.4, -0.2) is 56.0 Å². The van der Waals surface area contributed by atoms with E-state index in [-0.39, 0.29) is 5.69 Å². The van der Waals surface area contributed by atoms with Crippen LogP contribution >= 0.6 is 0 Å². The number of carbonyl (C=O) groups excluding carboxylic acids is 1. The Labute approximate surface area is 122 Å². The van der Waals surface area contributed by atoms with Crippen molar-refractivity contribution < 1.29 is 14.7 Å². The first kappa shape index (κ1) is 15.4. The molecule has 1 aromatic heterocycles. The predicted octanol–water partition coefficient (Wildman–Crippen LogP) is -0.0478. The van der Waals surface area contributed by atoms with Crippen LogP contribution in [0.15, 0.2) is 6.20 Å². The molecule has 0 spiro atoms. The van der Waals surface area contributed by atoms with Gasteiger partial charge in [-0.1, -0.05) is 19.1 Å². The second kappa shape index (κ2) is 5.80. The van der Waals surface area contributed by atoms with Crippen LogP contribution in [0.3, 0.4) is 0 Å². The Bertz CT molecular complexity index is 540. The lowest BCUT2D eigenvalue weighted by Crippen LogP contribution is -2.56. The molecule has 8 nitrogen and oxygen atoms in total. The summed E-state index contributed by atoms with van der Waals surface area (Å²) in [6, 6.07) is -0.849. The normalized spacial score (nSPS) is 21.3. The smallest absolute Gasteiger partial charge is 0.326 e. The van der Waals surface area contributed by atoms with Gasteiger partial charge in [0.05, 0.1) is 12.7 Å². The Morgan fingerprint density at radius 3 is 2.86 bits per heavy atom. The number of carboxylic acid groups (broad SMARTS) is 1. The number of aliphatic carboxylic acids is 1. The van der Waals surface area contributed by atoms with Crippen molar-refractivity contribution in [1.29, 1.82) is 0 Å². The SMILES string of the molecule is CC1(C)CCCN(C(=O)c2cn(CCN)nn2)C1C(=O)O. The largest absolute Gasteiger partial charge is 0.480 e. The second-order valence-corrected chi connectivity index (χ2v) is 5.99. The fourth-order valence-electron chi connectivity index (χ4n) is 2.86. The van der Waals surface area contributed by atoms with Crippen molar-refractivity contribution in [2.24, 2.45) is 11.1 Å². The van der Waals surface area contributed by atoms with Gasteiger partial charge in [-0.05, 0) is 18.3 Å². The van der Waals surface area contributed by atoms with Crippen molar-refractivity contribution in [3.63, 3.8) is 0 Å². The van der Waals surface area contributed by atoms with E-state index >= 15 is 0 Å². The summed E-state index contributed by atoms with van der Waals surface area (Å²) in [6.07, 6.45) is 3.06. The number of piperidine rings is 1. The van der Waals surface area contributed by atoms with E-state index in [1.807, 2.05) is 13.8 Å². The van der Waals surface area contributed by atoms with Crippen LogP contribution < -0.4 is 5.73 Å². The second-order valence-electron chi connectivity index (χ2n) is 5.99. The summed E-state index contributed by atoms with van der Waals surface area (Å²) in [5.41, 5.74) is 5.12. The number of carboxylic acids is 1. The Balaban J connectivity index is 2.24. The summed E-state index contributed by atoms with van der Waals surface area (Å²) in [5, 5.41) is 17.1. The Hall–Kier alpha value is -1.96. The third-order valence-electron chi connectivity index (χ3n) is 3.88. The van der Waals surface area contributed by atoms with E-state index in [1.165, 1.54) is 15.8 Å². The lowest BCUT2D eigenvalue weighted by molar-refractivity contribution is -0.148. The van der Waals surface area contributed by atoms with Crippen molar-refractivity contribution >= 4 is 11.9 Å². The van der Waals surface area contributed by atoms with Crippen LogP contribution in [0, 0.1) is 5.41 Å². The maximum Gasteiger partial charge on any atom is 0.326 e. The molecule has 0 saturated carbocycles. The van der Waals surface area contributed by atoms with Gasteiger partial charge in [0.1, 0.15) is 6.04 Å². The van der Waals surface area contributed by atoms with E-state index in [0.29, 0.717) is 19.6 Å². The van der Waals surface area contributed by atoms with Crippen LogP contribution in [0.1, 0.15) is 37.2 Å². The molecule has 1 fully saturated rings. The fourth-order valence-corrected chi connectivity index (χ4v) is 2.86. The zero-order valence-corrected chi connectivity index (χ0v) is 12.3. The van der Waals surface area contributed by atoms with E-state index in [0.717, 1.165) is 12.8 Å². The maximum absolute atomic E-state index is 12.5. The average Bonchev–Trinajstić information content (AvgIpc) is 2.85. The van der Waals surface area contributed by atoms with Gasteiger partial charge in [-0.15, -0.1) is 5.10 Å². The van der Waals surface area contributed by atoms with E-state index in [2.05, 4.69) is 10.3 Å². The average molecular weight is 295 g/mol. The first-order valence-electron chi connectivity index (χ1n) is 7.01. The van der Waals surface area contributed by atoms with E-state index in [9.17, 15) is 14.7 Å². The van der Waals surface area contributed by atoms with Crippen molar-refractivity contribution in [3.05, 3.63) is 11.9 Å². The number of hydrogen-bond donors (Lipinski definition) is 2. The molecule has 3 N–H and O–H groups in total. The number of aromatic nitrogens is 3. The monoisotopic (exact) mass is 295 g/mol. The van der Waals surface area contributed by atoms with Gasteiger partial charge in [0.25, 0.3) is 5.91 Å². The van der Waals surface area contributed by atoms with Gasteiger partial charge in [0, 0.05) is 13.1 Å². The van der Waals surface area contributed by atoms with Crippen LogP contribution in [0.5, 0.6) is 0 Å². The molecule has 21 heavy (non-hydrogen) atoms. The molecule has 2 rings (SSSR count). The van der Waals surface area contributed by atoms with Gasteiger partial charge in [-0.2, -0.15) is 0 Å². The molecule has 0 bridgehead atoms. The van der Waals surface area contributed by atoms with E-state index < -0.39 is 23.3 Å². The Morgan fingerprint density at radius 2 is 2.24 bits per heavy atom. The summed E-state index contributed by atoms with van der Waals surface area (Å²) in [5.74, 6) is -1.37. The van der Waals surface area contributed by atoms with Crippen LogP contribution in [0.25, 0.3) is 0 Å². The molecule has 1 aliphatic rings. The number of amides is 1. The zero-order chi connectivity index (χ0) is 15.6. The number of rotatable bonds is 4. The van der Waals surface area contributed by atoms with Crippen molar-refractivity contribution in [1.82, 2.24) is 19.9 Å². The van der Waals surface area contributed by atoms with Crippen LogP contribution in [-0.2, 0) is 11.3 Å². The van der Waals surface area contributed by atoms with E-state index in [1.54, 1.807) is 0 Å². The minimum Gasteiger partial charge on any atom is -0.480 e. The molecule has 1 unspecified atom stereocenters. The molecule has 2 heterocycles. The molecule has 1 atom stereocenters. The highest BCUT2D eigenvalue weighted by Crippen LogP contribution is 2.35. The topological polar surface area (TPSA) is 114 Å². The first-order valence-corrected chi connectivity index (χ1v) is 7.01. The Kier molecular flexibility index (Phi) is 4.26. The maximum atomic E-state index is 12.5. The molecule has 1 amide bonds. The molecule has 0 radical (unpaired) electrons. The molecular weight excluding hydrogens is 274 g/mol. The summed E-state index contributed by atoms with van der Waals surface area (Å²) < 4.78 is 1.48. The quantitative estimate of drug-likeness (QED) is 0.805. The molecule has 8 heteroatoms. The van der Waals surface area contributed by atoms with Gasteiger partial charge in [0.15, 0.2) is 5.69 Å². The Morgan fingerprint density at radius 1 is 1.52 bits per heavy atom. The van der Waals surface area contributed by atoms with Gasteiger partial charge in [-0.3, -0.25) is 9.48 Å². The van der Waals surface area contributed by atoms with Gasteiger partial charge >= 0.3 is 5.97 Å². The summed E-state index contributed by atoms with van der Waals surface area (Å²) in [4.78, 5) is 25.5. The zero-order valence-electron chi connectivity index (χ0n) is 12.3. The molecule has 1 aliphatic heterocycles. The van der Waals surface area contributed by atoms with Gasteiger partial charge in [-0.25, -0.2) is 4.79 Å². The van der Waals surface area contributed by atoms with Crippen molar-refractivity contribution in [2.45, 2.75) is 39.3 Å². The molecule has 0 aliphatic carbocycles. The summed E-state index contributed by atoms with van der Waals surface area (Å²) >= 11 is 0. The van der Waals surface area contributed by atoms with Crippen LogP contribution in [0.2, 0.25) is 0 Å². The highest BCUT2D eigenvalue weighted by Gasteiger charge is 2.45. The molecule has 0 aromatic carbocycles. The lowest BCUT2D eigenvalue weighted by Gasteiger charge is -2.43. The molecular formula is C13H21N5O3. The third kappa shape index (κ3) is 3.05. The molecule has 116 valence electrons. The van der Waals surface area contributed by atoms with E-state index in [4.69, 9.17) is 5.73 Å². The highest BCUT2D eigenvalue weighted by atomic mass is 16.4. The molecule has 1 aromatic rings. The van der Waals surface area contributed by atoms with Crippen molar-refractivity contribution in [3.8, 4) is 0 Å². The third-order valence-corrected chi connectivity index (χ3v) is 3.88. The first-order chi connectivity index (χ1) is 9.86. The summed E-state index contributed by atoms with van der Waals surface area (Å²) in [6.45, 7) is 5.02. The minimum atomic E-state index is -0.984. The highest BCUT2D eigenvalue weighted by molar-refractivity contribution is 5.95. The van der Waals surface area contributed by atoms with Gasteiger partial charge in [0.2, 0.25) is 0 Å². The fraction of sp³-hybridized carbons (Fsp3) is 0.692. The summed E-state index contributed by atoms with van der Waals surface area (Å²) in [7, 11) is 0. The number of nitrogens with two attached hydrogens (primary N) is 1. The lowest BCUT2D eigenvalue weighted by atomic mass is 9.76. The number of nitrogens with zero attached hydrogens (tertiary/aromatic N) is 4.